The van der Waals surface area contributed by atoms with Crippen molar-refractivity contribution in [2.24, 2.45) is 5.92 Å². The summed E-state index contributed by atoms with van der Waals surface area (Å²) in [7, 11) is -3.11. The Labute approximate surface area is 131 Å². The van der Waals surface area contributed by atoms with Gasteiger partial charge in [-0.1, -0.05) is 6.07 Å². The molecule has 0 radical (unpaired) electrons. The standard InChI is InChI=1S/C15H22N2O4S/c1-2-22(18,19)17-11-15(12-17)13(6-8-21-15)9-20-10-14-5-3-4-7-16-14/h3-5,7,13H,2,6,8-12H2,1H3/t13-/m1/s1. The maximum absolute atomic E-state index is 11.9. The third-order valence-electron chi connectivity index (χ3n) is 4.54. The largest absolute Gasteiger partial charge is 0.375 e. The van der Waals surface area contributed by atoms with Gasteiger partial charge in [0.1, 0.15) is 5.60 Å². The molecule has 2 aliphatic rings. The lowest BCUT2D eigenvalue weighted by atomic mass is 9.83. The number of hydrogen-bond acceptors (Lipinski definition) is 5. The smallest absolute Gasteiger partial charge is 0.214 e. The Morgan fingerprint density at radius 3 is 2.95 bits per heavy atom. The van der Waals surface area contributed by atoms with Crippen molar-refractivity contribution in [1.29, 1.82) is 0 Å². The first-order chi connectivity index (χ1) is 10.6. The summed E-state index contributed by atoms with van der Waals surface area (Å²) in [4.78, 5) is 4.22. The van der Waals surface area contributed by atoms with Crippen LogP contribution in [0, 0.1) is 5.92 Å². The van der Waals surface area contributed by atoms with Crippen molar-refractivity contribution < 1.29 is 17.9 Å². The van der Waals surface area contributed by atoms with Gasteiger partial charge in [0.15, 0.2) is 0 Å². The second-order valence-electron chi connectivity index (χ2n) is 5.90. The molecule has 0 unspecified atom stereocenters. The second-order valence-corrected chi connectivity index (χ2v) is 8.16. The van der Waals surface area contributed by atoms with Gasteiger partial charge in [-0.05, 0) is 25.5 Å². The molecular weight excluding hydrogens is 304 g/mol. The van der Waals surface area contributed by atoms with E-state index in [9.17, 15) is 8.42 Å². The number of hydrogen-bond donors (Lipinski definition) is 0. The van der Waals surface area contributed by atoms with Gasteiger partial charge in [0.05, 0.1) is 24.7 Å². The number of sulfonamides is 1. The van der Waals surface area contributed by atoms with Crippen molar-refractivity contribution in [3.05, 3.63) is 30.1 Å². The Bertz CT molecular complexity index is 599. The minimum atomic E-state index is -3.11. The van der Waals surface area contributed by atoms with Crippen LogP contribution in [0.5, 0.6) is 0 Å². The Balaban J connectivity index is 1.52. The van der Waals surface area contributed by atoms with Crippen LogP contribution in [0.25, 0.3) is 0 Å². The third kappa shape index (κ3) is 3.03. The molecule has 3 rings (SSSR count). The molecule has 0 saturated carbocycles. The van der Waals surface area contributed by atoms with E-state index in [1.54, 1.807) is 13.1 Å². The molecule has 22 heavy (non-hydrogen) atoms. The minimum absolute atomic E-state index is 0.143. The SMILES string of the molecule is CCS(=O)(=O)N1CC2(C1)OCC[C@@H]2COCc1ccccn1. The van der Waals surface area contributed by atoms with Gasteiger partial charge in [0.2, 0.25) is 10.0 Å². The molecule has 1 aromatic heterocycles. The van der Waals surface area contributed by atoms with E-state index in [2.05, 4.69) is 4.98 Å². The number of aromatic nitrogens is 1. The van der Waals surface area contributed by atoms with Crippen molar-refractivity contribution in [3.63, 3.8) is 0 Å². The number of nitrogens with zero attached hydrogens (tertiary/aromatic N) is 2. The quantitative estimate of drug-likeness (QED) is 0.781. The van der Waals surface area contributed by atoms with Crippen LogP contribution in [0.4, 0.5) is 0 Å². The van der Waals surface area contributed by atoms with Crippen molar-refractivity contribution in [2.45, 2.75) is 25.6 Å². The molecular formula is C15H22N2O4S. The zero-order valence-electron chi connectivity index (χ0n) is 12.8. The Hall–Kier alpha value is -1.02. The van der Waals surface area contributed by atoms with Crippen LogP contribution in [0.1, 0.15) is 19.0 Å². The molecule has 0 aromatic carbocycles. The second kappa shape index (κ2) is 6.23. The normalized spacial score (nSPS) is 24.5. The van der Waals surface area contributed by atoms with Crippen molar-refractivity contribution in [1.82, 2.24) is 9.29 Å². The van der Waals surface area contributed by atoms with Crippen LogP contribution >= 0.6 is 0 Å². The first-order valence-electron chi connectivity index (χ1n) is 7.65. The van der Waals surface area contributed by atoms with Gasteiger partial charge in [-0.15, -0.1) is 0 Å². The average molecular weight is 326 g/mol. The lowest BCUT2D eigenvalue weighted by Crippen LogP contribution is -2.66. The lowest BCUT2D eigenvalue weighted by molar-refractivity contribution is -0.115. The summed E-state index contributed by atoms with van der Waals surface area (Å²) in [5.74, 6) is 0.392. The zero-order valence-corrected chi connectivity index (χ0v) is 13.6. The van der Waals surface area contributed by atoms with E-state index in [1.807, 2.05) is 18.2 Å². The summed E-state index contributed by atoms with van der Waals surface area (Å²) >= 11 is 0. The van der Waals surface area contributed by atoms with Crippen LogP contribution in [-0.2, 0) is 26.1 Å². The summed E-state index contributed by atoms with van der Waals surface area (Å²) in [6.07, 6.45) is 2.67. The van der Waals surface area contributed by atoms with E-state index in [0.29, 0.717) is 32.9 Å². The van der Waals surface area contributed by atoms with Gasteiger partial charge in [-0.2, -0.15) is 4.31 Å². The van der Waals surface area contributed by atoms with Crippen LogP contribution in [0.15, 0.2) is 24.4 Å². The van der Waals surface area contributed by atoms with Crippen molar-refractivity contribution in [2.75, 3.05) is 32.1 Å². The predicted molar refractivity (Wildman–Crippen MR) is 81.7 cm³/mol. The van der Waals surface area contributed by atoms with Gasteiger partial charge in [0.25, 0.3) is 0 Å². The molecule has 7 heteroatoms. The molecule has 2 aliphatic heterocycles. The van der Waals surface area contributed by atoms with Crippen LogP contribution in [0.2, 0.25) is 0 Å². The molecule has 6 nitrogen and oxygen atoms in total. The maximum Gasteiger partial charge on any atom is 0.214 e. The molecule has 3 heterocycles. The molecule has 1 aromatic rings. The minimum Gasteiger partial charge on any atom is -0.375 e. The highest BCUT2D eigenvalue weighted by atomic mass is 32.2. The molecule has 122 valence electrons. The monoisotopic (exact) mass is 326 g/mol. The fraction of sp³-hybridized carbons (Fsp3) is 0.667. The number of pyridine rings is 1. The topological polar surface area (TPSA) is 68.7 Å². The van der Waals surface area contributed by atoms with E-state index in [-0.39, 0.29) is 17.3 Å². The summed E-state index contributed by atoms with van der Waals surface area (Å²) in [6, 6.07) is 5.74. The summed E-state index contributed by atoms with van der Waals surface area (Å²) in [5, 5.41) is 0. The molecule has 0 bridgehead atoms. The Morgan fingerprint density at radius 2 is 2.27 bits per heavy atom. The fourth-order valence-corrected chi connectivity index (χ4v) is 4.28. The van der Waals surface area contributed by atoms with E-state index in [1.165, 1.54) is 4.31 Å². The Morgan fingerprint density at radius 1 is 1.45 bits per heavy atom. The maximum atomic E-state index is 11.9. The Kier molecular flexibility index (Phi) is 4.49. The van der Waals surface area contributed by atoms with Gasteiger partial charge in [0, 0.05) is 31.8 Å². The van der Waals surface area contributed by atoms with Crippen molar-refractivity contribution >= 4 is 10.0 Å². The molecule has 2 saturated heterocycles. The lowest BCUT2D eigenvalue weighted by Gasteiger charge is -2.49. The average Bonchev–Trinajstić information content (AvgIpc) is 2.91. The van der Waals surface area contributed by atoms with Crippen LogP contribution in [-0.4, -0.2) is 55.4 Å². The summed E-state index contributed by atoms with van der Waals surface area (Å²) < 4.78 is 36.9. The van der Waals surface area contributed by atoms with E-state index < -0.39 is 10.0 Å². The highest BCUT2D eigenvalue weighted by Gasteiger charge is 2.55. The van der Waals surface area contributed by atoms with Gasteiger partial charge < -0.3 is 9.47 Å². The highest BCUT2D eigenvalue weighted by Crippen LogP contribution is 2.41. The molecule has 0 aliphatic carbocycles. The van der Waals surface area contributed by atoms with Gasteiger partial charge in [-0.25, -0.2) is 8.42 Å². The van der Waals surface area contributed by atoms with Crippen LogP contribution in [0.3, 0.4) is 0 Å². The molecule has 1 atom stereocenters. The van der Waals surface area contributed by atoms with E-state index in [0.717, 1.165) is 12.1 Å². The number of ether oxygens (including phenoxy) is 2. The van der Waals surface area contributed by atoms with Gasteiger partial charge in [-0.3, -0.25) is 4.98 Å². The first-order valence-corrected chi connectivity index (χ1v) is 9.26. The fourth-order valence-electron chi connectivity index (χ4n) is 3.09. The summed E-state index contributed by atoms with van der Waals surface area (Å²) in [6.45, 7) is 4.32. The molecule has 0 N–H and O–H groups in total. The van der Waals surface area contributed by atoms with Crippen LogP contribution < -0.4 is 0 Å². The summed E-state index contributed by atoms with van der Waals surface area (Å²) in [5.41, 5.74) is 0.561. The zero-order chi connectivity index (χ0) is 15.6. The first kappa shape index (κ1) is 15.9. The number of rotatable bonds is 6. The molecule has 1 spiro atoms. The highest BCUT2D eigenvalue weighted by molar-refractivity contribution is 7.89. The molecule has 0 amide bonds. The third-order valence-corrected chi connectivity index (χ3v) is 6.32. The van der Waals surface area contributed by atoms with E-state index in [4.69, 9.17) is 9.47 Å². The van der Waals surface area contributed by atoms with Gasteiger partial charge >= 0.3 is 0 Å². The molecule has 2 fully saturated rings. The van der Waals surface area contributed by atoms with Crippen molar-refractivity contribution in [3.8, 4) is 0 Å². The van der Waals surface area contributed by atoms with E-state index >= 15 is 0 Å². The predicted octanol–water partition coefficient (Wildman–Crippen LogP) is 1.04.